The number of amides is 2. The Hall–Kier alpha value is -2.96. The maximum Gasteiger partial charge on any atom is 0.260 e. The van der Waals surface area contributed by atoms with E-state index < -0.39 is 0 Å². The van der Waals surface area contributed by atoms with Crippen molar-refractivity contribution in [3.8, 4) is 5.75 Å². The highest BCUT2D eigenvalue weighted by Crippen LogP contribution is 2.26. The molecule has 0 radical (unpaired) electrons. The quantitative estimate of drug-likeness (QED) is 0.794. The third-order valence-electron chi connectivity index (χ3n) is 5.64. The van der Waals surface area contributed by atoms with Crippen LogP contribution in [0.3, 0.4) is 0 Å². The van der Waals surface area contributed by atoms with E-state index in [0.29, 0.717) is 31.8 Å². The lowest BCUT2D eigenvalue weighted by Gasteiger charge is -2.32. The number of nitrogens with zero attached hydrogens (tertiary/aromatic N) is 4. The van der Waals surface area contributed by atoms with Gasteiger partial charge in [-0.3, -0.25) is 9.59 Å². The van der Waals surface area contributed by atoms with Crippen LogP contribution in [0.25, 0.3) is 0 Å². The Kier molecular flexibility index (Phi) is 5.74. The van der Waals surface area contributed by atoms with Gasteiger partial charge in [0.25, 0.3) is 5.91 Å². The number of benzene rings is 1. The normalized spacial score (nSPS) is 18.9. The second-order valence-electron chi connectivity index (χ2n) is 7.67. The third-order valence-corrected chi connectivity index (χ3v) is 5.64. The summed E-state index contributed by atoms with van der Waals surface area (Å²) in [5, 5.41) is 0. The summed E-state index contributed by atoms with van der Waals surface area (Å²) in [4.78, 5) is 37.3. The molecule has 0 spiro atoms. The first-order chi connectivity index (χ1) is 14.1. The smallest absolute Gasteiger partial charge is 0.260 e. The molecule has 1 saturated heterocycles. The average molecular weight is 394 g/mol. The number of likely N-dealkylation sites (tertiary alicyclic amines) is 1. The third kappa shape index (κ3) is 4.55. The molecule has 2 aliphatic heterocycles. The van der Waals surface area contributed by atoms with Crippen LogP contribution < -0.4 is 4.74 Å². The van der Waals surface area contributed by atoms with Gasteiger partial charge in [0.2, 0.25) is 5.91 Å². The molecule has 0 unspecified atom stereocenters. The Labute approximate surface area is 170 Å². The molecule has 3 heterocycles. The zero-order valence-corrected chi connectivity index (χ0v) is 16.7. The number of piperidine rings is 1. The zero-order chi connectivity index (χ0) is 20.2. The predicted octanol–water partition coefficient (Wildman–Crippen LogP) is 2.17. The molecule has 7 nitrogen and oxygen atoms in total. The van der Waals surface area contributed by atoms with Gasteiger partial charge in [0, 0.05) is 57.2 Å². The molecule has 0 aliphatic carbocycles. The number of aromatic nitrogens is 2. The summed E-state index contributed by atoms with van der Waals surface area (Å²) in [6.07, 6.45) is 4.55. The Morgan fingerprint density at radius 3 is 2.79 bits per heavy atom. The summed E-state index contributed by atoms with van der Waals surface area (Å²) in [6.45, 7) is 4.29. The standard InChI is InChI=1S/C22H26N4O3/c1-16(27)25-10-5-6-17(13-25)22-23-12-18-14-26(11-9-20(18)24-22)21(28)15-29-19-7-3-2-4-8-19/h2-4,7-8,12,17H,5-6,9-11,13-15H2,1H3/t17-/m0/s1. The summed E-state index contributed by atoms with van der Waals surface area (Å²) >= 11 is 0. The largest absolute Gasteiger partial charge is 0.484 e. The van der Waals surface area contributed by atoms with Gasteiger partial charge in [0.05, 0.1) is 5.69 Å². The number of ether oxygens (including phenoxy) is 1. The summed E-state index contributed by atoms with van der Waals surface area (Å²) in [5.41, 5.74) is 2.01. The van der Waals surface area contributed by atoms with Crippen molar-refractivity contribution in [3.05, 3.63) is 53.6 Å². The summed E-state index contributed by atoms with van der Waals surface area (Å²) < 4.78 is 5.58. The fourth-order valence-electron chi connectivity index (χ4n) is 3.97. The number of hydrogen-bond acceptors (Lipinski definition) is 5. The van der Waals surface area contributed by atoms with E-state index in [2.05, 4.69) is 4.98 Å². The number of fused-ring (bicyclic) bond motifs is 1. The van der Waals surface area contributed by atoms with Crippen LogP contribution in [-0.4, -0.2) is 57.8 Å². The minimum atomic E-state index is -0.0343. The van der Waals surface area contributed by atoms with Crippen molar-refractivity contribution in [2.45, 2.75) is 38.6 Å². The fourth-order valence-corrected chi connectivity index (χ4v) is 3.97. The number of para-hydroxylation sites is 1. The molecule has 2 aromatic rings. The van der Waals surface area contributed by atoms with Crippen LogP contribution in [0, 0.1) is 0 Å². The lowest BCUT2D eigenvalue weighted by molar-refractivity contribution is -0.134. The van der Waals surface area contributed by atoms with Gasteiger partial charge in [0.15, 0.2) is 6.61 Å². The molecule has 0 N–H and O–H groups in total. The number of rotatable bonds is 4. The minimum absolute atomic E-state index is 0.0290. The van der Waals surface area contributed by atoms with Crippen LogP contribution in [-0.2, 0) is 22.6 Å². The first kappa shape index (κ1) is 19.4. The monoisotopic (exact) mass is 394 g/mol. The molecule has 7 heteroatoms. The molecule has 2 amide bonds. The van der Waals surface area contributed by atoms with Crippen molar-refractivity contribution < 1.29 is 14.3 Å². The molecule has 1 fully saturated rings. The average Bonchev–Trinajstić information content (AvgIpc) is 2.77. The van der Waals surface area contributed by atoms with E-state index in [0.717, 1.165) is 36.5 Å². The molecule has 0 saturated carbocycles. The highest BCUT2D eigenvalue weighted by Gasteiger charge is 2.27. The van der Waals surface area contributed by atoms with E-state index in [9.17, 15) is 9.59 Å². The van der Waals surface area contributed by atoms with Gasteiger partial charge in [-0.15, -0.1) is 0 Å². The zero-order valence-electron chi connectivity index (χ0n) is 16.7. The van der Waals surface area contributed by atoms with E-state index in [-0.39, 0.29) is 24.3 Å². The van der Waals surface area contributed by atoms with Crippen LogP contribution in [0.2, 0.25) is 0 Å². The van der Waals surface area contributed by atoms with Gasteiger partial charge in [-0.25, -0.2) is 9.97 Å². The predicted molar refractivity (Wildman–Crippen MR) is 107 cm³/mol. The van der Waals surface area contributed by atoms with Crippen molar-refractivity contribution >= 4 is 11.8 Å². The molecular formula is C22H26N4O3. The molecule has 1 atom stereocenters. The molecule has 1 aromatic carbocycles. The van der Waals surface area contributed by atoms with Crippen LogP contribution in [0.4, 0.5) is 0 Å². The van der Waals surface area contributed by atoms with E-state index in [1.54, 1.807) is 11.8 Å². The SMILES string of the molecule is CC(=O)N1CCC[C@H](c2ncc3c(n2)CCN(C(=O)COc2ccccc2)C3)C1. The van der Waals surface area contributed by atoms with Gasteiger partial charge in [-0.1, -0.05) is 18.2 Å². The Morgan fingerprint density at radius 1 is 1.17 bits per heavy atom. The number of hydrogen-bond donors (Lipinski definition) is 0. The number of carbonyl (C=O) groups is 2. The first-order valence-corrected chi connectivity index (χ1v) is 10.2. The molecule has 29 heavy (non-hydrogen) atoms. The van der Waals surface area contributed by atoms with Crippen molar-refractivity contribution in [2.75, 3.05) is 26.2 Å². The van der Waals surface area contributed by atoms with E-state index in [1.165, 1.54) is 0 Å². The maximum atomic E-state index is 12.5. The van der Waals surface area contributed by atoms with E-state index in [4.69, 9.17) is 9.72 Å². The summed E-state index contributed by atoms with van der Waals surface area (Å²) in [6, 6.07) is 9.36. The fraction of sp³-hybridized carbons (Fsp3) is 0.455. The van der Waals surface area contributed by atoms with Crippen LogP contribution in [0.1, 0.15) is 42.8 Å². The summed E-state index contributed by atoms with van der Waals surface area (Å²) in [5.74, 6) is 1.78. The molecule has 4 rings (SSSR count). The van der Waals surface area contributed by atoms with Crippen molar-refractivity contribution in [3.63, 3.8) is 0 Å². The maximum absolute atomic E-state index is 12.5. The second-order valence-corrected chi connectivity index (χ2v) is 7.67. The van der Waals surface area contributed by atoms with Gasteiger partial charge in [0.1, 0.15) is 11.6 Å². The van der Waals surface area contributed by atoms with Crippen molar-refractivity contribution in [1.29, 1.82) is 0 Å². The van der Waals surface area contributed by atoms with Crippen LogP contribution >= 0.6 is 0 Å². The molecule has 152 valence electrons. The van der Waals surface area contributed by atoms with Gasteiger partial charge >= 0.3 is 0 Å². The van der Waals surface area contributed by atoms with E-state index >= 15 is 0 Å². The highest BCUT2D eigenvalue weighted by molar-refractivity contribution is 5.78. The first-order valence-electron chi connectivity index (χ1n) is 10.2. The van der Waals surface area contributed by atoms with E-state index in [1.807, 2.05) is 41.4 Å². The highest BCUT2D eigenvalue weighted by atomic mass is 16.5. The van der Waals surface area contributed by atoms with Crippen molar-refractivity contribution in [1.82, 2.24) is 19.8 Å². The van der Waals surface area contributed by atoms with Gasteiger partial charge in [-0.05, 0) is 25.0 Å². The van der Waals surface area contributed by atoms with Crippen LogP contribution in [0.15, 0.2) is 36.5 Å². The molecule has 1 aromatic heterocycles. The minimum Gasteiger partial charge on any atom is -0.484 e. The second kappa shape index (κ2) is 8.59. The van der Waals surface area contributed by atoms with Crippen LogP contribution in [0.5, 0.6) is 5.75 Å². The van der Waals surface area contributed by atoms with Gasteiger partial charge in [-0.2, -0.15) is 0 Å². The molecule has 2 aliphatic rings. The lowest BCUT2D eigenvalue weighted by atomic mass is 9.96. The Morgan fingerprint density at radius 2 is 2.00 bits per heavy atom. The molecule has 0 bridgehead atoms. The Balaban J connectivity index is 1.38. The van der Waals surface area contributed by atoms with Gasteiger partial charge < -0.3 is 14.5 Å². The summed E-state index contributed by atoms with van der Waals surface area (Å²) in [7, 11) is 0. The lowest BCUT2D eigenvalue weighted by Crippen LogP contribution is -2.40. The molecular weight excluding hydrogens is 368 g/mol. The topological polar surface area (TPSA) is 75.6 Å². The number of carbonyl (C=O) groups excluding carboxylic acids is 2. The van der Waals surface area contributed by atoms with Crippen molar-refractivity contribution in [2.24, 2.45) is 0 Å². The Bertz CT molecular complexity index is 887.